The number of carbonyl (C=O) groups is 3. The summed E-state index contributed by atoms with van der Waals surface area (Å²) < 4.78 is 27.1. The van der Waals surface area contributed by atoms with Crippen molar-refractivity contribution >= 4 is 26.7 Å². The molecule has 0 saturated heterocycles. The van der Waals surface area contributed by atoms with Crippen LogP contribution in [0.25, 0.3) is 0 Å². The van der Waals surface area contributed by atoms with Crippen LogP contribution in [0.3, 0.4) is 0 Å². The Morgan fingerprint density at radius 3 is 1.88 bits per heavy atom. The Balaban J connectivity index is 1.80. The Kier molecular flexibility index (Phi) is 10.2. The predicted octanol–water partition coefficient (Wildman–Crippen LogP) is 4.15. The van der Waals surface area contributed by atoms with Gasteiger partial charge in [-0.2, -0.15) is 0 Å². The third kappa shape index (κ3) is 8.62. The largest absolute Gasteiger partial charge is 0.705 e. The highest BCUT2D eigenvalue weighted by Gasteiger charge is 2.51. The number of ether oxygens (including phenoxy) is 2. The highest BCUT2D eigenvalue weighted by atomic mass is 28.4. The third-order valence-electron chi connectivity index (χ3n) is 5.22. The summed E-state index contributed by atoms with van der Waals surface area (Å²) in [5.41, 5.74) is 1.33. The average molecular weight is 467 g/mol. The van der Waals surface area contributed by atoms with Crippen molar-refractivity contribution in [1.29, 1.82) is 0 Å². The second kappa shape index (κ2) is 12.6. The van der Waals surface area contributed by atoms with E-state index in [2.05, 4.69) is 12.1 Å². The van der Waals surface area contributed by atoms with Gasteiger partial charge in [0.15, 0.2) is 0 Å². The number of hydrogen-bond donors (Lipinski definition) is 0. The van der Waals surface area contributed by atoms with Gasteiger partial charge in [-0.25, -0.2) is 0 Å². The van der Waals surface area contributed by atoms with E-state index in [4.69, 9.17) is 22.8 Å². The molecule has 0 radical (unpaired) electrons. The lowest BCUT2D eigenvalue weighted by Gasteiger charge is -2.29. The predicted molar refractivity (Wildman–Crippen MR) is 119 cm³/mol. The van der Waals surface area contributed by atoms with E-state index >= 15 is 0 Å². The lowest BCUT2D eigenvalue weighted by atomic mass is 9.83. The zero-order valence-electron chi connectivity index (χ0n) is 19.4. The number of hydrogen-bond acceptors (Lipinski definition) is 8. The van der Waals surface area contributed by atoms with Gasteiger partial charge >= 0.3 is 8.80 Å². The maximum Gasteiger partial charge on any atom is 0.705 e. The monoisotopic (exact) mass is 466 g/mol. The second-order valence-corrected chi connectivity index (χ2v) is 10.4. The molecule has 0 aromatic heterocycles. The SMILES string of the molecule is CCOc1ccc(C2CCC(OCCC[Si](OC(C)=O)(OC(C)=O)OC(C)=O)CC2)cc1. The Labute approximate surface area is 190 Å². The fourth-order valence-corrected chi connectivity index (χ4v) is 6.30. The van der Waals surface area contributed by atoms with Gasteiger partial charge in [0.1, 0.15) is 5.75 Å². The van der Waals surface area contributed by atoms with Gasteiger partial charge in [0.25, 0.3) is 17.9 Å². The molecular weight excluding hydrogens is 432 g/mol. The Morgan fingerprint density at radius 1 is 0.875 bits per heavy atom. The molecule has 9 heteroatoms. The quantitative estimate of drug-likeness (QED) is 0.354. The minimum absolute atomic E-state index is 0.132. The average Bonchev–Trinajstić information content (AvgIpc) is 2.71. The molecule has 0 unspecified atom stereocenters. The Bertz CT molecular complexity index is 715. The third-order valence-corrected chi connectivity index (χ3v) is 7.98. The zero-order valence-corrected chi connectivity index (χ0v) is 20.4. The standard InChI is InChI=1S/C23H34O8Si/c1-5-27-22-11-7-20(8-12-22)21-9-13-23(14-10-21)28-15-6-16-32(29-17(2)24,30-18(3)25)31-19(4)26/h7-8,11-12,21,23H,5-6,9-10,13-16H2,1-4H3. The summed E-state index contributed by atoms with van der Waals surface area (Å²) in [6.07, 6.45) is 4.61. The molecule has 0 N–H and O–H groups in total. The first kappa shape index (κ1) is 25.9. The first-order valence-electron chi connectivity index (χ1n) is 11.2. The number of benzene rings is 1. The normalized spacial score (nSPS) is 18.5. The van der Waals surface area contributed by atoms with Crippen LogP contribution in [0.4, 0.5) is 0 Å². The van der Waals surface area contributed by atoms with Crippen molar-refractivity contribution in [3.8, 4) is 5.75 Å². The summed E-state index contributed by atoms with van der Waals surface area (Å²) in [6.45, 7) is 6.60. The van der Waals surface area contributed by atoms with E-state index < -0.39 is 26.7 Å². The van der Waals surface area contributed by atoms with Crippen LogP contribution in [0.2, 0.25) is 6.04 Å². The van der Waals surface area contributed by atoms with E-state index in [1.165, 1.54) is 26.3 Å². The van der Waals surface area contributed by atoms with Crippen molar-refractivity contribution in [3.05, 3.63) is 29.8 Å². The highest BCUT2D eigenvalue weighted by molar-refractivity contribution is 6.65. The molecule has 1 fully saturated rings. The smallest absolute Gasteiger partial charge is 0.494 e. The van der Waals surface area contributed by atoms with Crippen molar-refractivity contribution in [2.45, 2.75) is 77.9 Å². The molecule has 1 aliphatic carbocycles. The van der Waals surface area contributed by atoms with Gasteiger partial charge in [0.05, 0.1) is 18.8 Å². The highest BCUT2D eigenvalue weighted by Crippen LogP contribution is 2.35. The van der Waals surface area contributed by atoms with Gasteiger partial charge in [0, 0.05) is 27.4 Å². The van der Waals surface area contributed by atoms with E-state index in [-0.39, 0.29) is 12.1 Å². The van der Waals surface area contributed by atoms with Crippen molar-refractivity contribution < 1.29 is 37.1 Å². The van der Waals surface area contributed by atoms with Crippen LogP contribution < -0.4 is 4.74 Å². The van der Waals surface area contributed by atoms with E-state index in [1.54, 1.807) is 0 Å². The summed E-state index contributed by atoms with van der Waals surface area (Å²) in [7, 11) is -3.78. The van der Waals surface area contributed by atoms with Crippen LogP contribution in [-0.4, -0.2) is 46.0 Å². The molecule has 0 spiro atoms. The summed E-state index contributed by atoms with van der Waals surface area (Å²) in [6, 6.07) is 8.45. The summed E-state index contributed by atoms with van der Waals surface area (Å²) in [4.78, 5) is 34.5. The van der Waals surface area contributed by atoms with Crippen LogP contribution in [0.15, 0.2) is 24.3 Å². The molecule has 1 aromatic carbocycles. The summed E-state index contributed by atoms with van der Waals surface area (Å²) >= 11 is 0. The molecule has 0 bridgehead atoms. The summed E-state index contributed by atoms with van der Waals surface area (Å²) in [5.74, 6) is -0.570. The summed E-state index contributed by atoms with van der Waals surface area (Å²) in [5, 5.41) is 0. The first-order chi connectivity index (χ1) is 15.2. The Morgan fingerprint density at radius 2 is 1.41 bits per heavy atom. The molecule has 0 heterocycles. The molecule has 0 aliphatic heterocycles. The van der Waals surface area contributed by atoms with Crippen LogP contribution in [0, 0.1) is 0 Å². The molecule has 2 rings (SSSR count). The van der Waals surface area contributed by atoms with E-state index in [0.29, 0.717) is 25.6 Å². The fourth-order valence-electron chi connectivity index (χ4n) is 3.98. The van der Waals surface area contributed by atoms with Gasteiger partial charge in [-0.3, -0.25) is 14.4 Å². The molecule has 1 saturated carbocycles. The molecule has 8 nitrogen and oxygen atoms in total. The maximum atomic E-state index is 11.5. The van der Waals surface area contributed by atoms with Gasteiger partial charge in [0.2, 0.25) is 0 Å². The van der Waals surface area contributed by atoms with Gasteiger partial charge in [-0.1, -0.05) is 12.1 Å². The maximum absolute atomic E-state index is 11.5. The van der Waals surface area contributed by atoms with Gasteiger partial charge in [-0.05, 0) is 62.6 Å². The lowest BCUT2D eigenvalue weighted by molar-refractivity contribution is -0.147. The second-order valence-electron chi connectivity index (χ2n) is 7.91. The first-order valence-corrected chi connectivity index (χ1v) is 13.1. The molecule has 178 valence electrons. The molecule has 1 aliphatic rings. The van der Waals surface area contributed by atoms with Crippen molar-refractivity contribution in [3.63, 3.8) is 0 Å². The van der Waals surface area contributed by atoms with Crippen molar-refractivity contribution in [1.82, 2.24) is 0 Å². The molecule has 0 amide bonds. The zero-order chi connectivity index (χ0) is 23.6. The fraction of sp³-hybridized carbons (Fsp3) is 0.609. The van der Waals surface area contributed by atoms with Crippen LogP contribution in [0.5, 0.6) is 5.75 Å². The molecule has 32 heavy (non-hydrogen) atoms. The van der Waals surface area contributed by atoms with E-state index in [0.717, 1.165) is 31.4 Å². The van der Waals surface area contributed by atoms with Crippen LogP contribution in [0.1, 0.15) is 71.3 Å². The number of carbonyl (C=O) groups excluding carboxylic acids is 3. The minimum atomic E-state index is -3.78. The van der Waals surface area contributed by atoms with Gasteiger partial charge < -0.3 is 22.8 Å². The lowest BCUT2D eigenvalue weighted by Crippen LogP contribution is -2.49. The molecule has 1 aromatic rings. The Hall–Kier alpha value is -2.39. The van der Waals surface area contributed by atoms with Crippen molar-refractivity contribution in [2.75, 3.05) is 13.2 Å². The van der Waals surface area contributed by atoms with E-state index in [1.807, 2.05) is 19.1 Å². The van der Waals surface area contributed by atoms with Crippen LogP contribution >= 0.6 is 0 Å². The molecule has 0 atom stereocenters. The van der Waals surface area contributed by atoms with Crippen molar-refractivity contribution in [2.24, 2.45) is 0 Å². The number of rotatable bonds is 11. The topological polar surface area (TPSA) is 97.4 Å². The van der Waals surface area contributed by atoms with Crippen LogP contribution in [-0.2, 0) is 32.4 Å². The van der Waals surface area contributed by atoms with E-state index in [9.17, 15) is 14.4 Å². The molecular formula is C23H34O8Si. The van der Waals surface area contributed by atoms with Gasteiger partial charge in [-0.15, -0.1) is 0 Å². The minimum Gasteiger partial charge on any atom is -0.494 e.